The lowest BCUT2D eigenvalue weighted by molar-refractivity contribution is 0.510. The van der Waals surface area contributed by atoms with Crippen LogP contribution in [0.1, 0.15) is 45.6 Å². The van der Waals surface area contributed by atoms with Crippen molar-refractivity contribution in [1.29, 1.82) is 0 Å². The second kappa shape index (κ2) is 8.46. The summed E-state index contributed by atoms with van der Waals surface area (Å²) in [4.78, 5) is 0.0259. The predicted octanol–water partition coefficient (Wildman–Crippen LogP) is 2.79. The van der Waals surface area contributed by atoms with Crippen LogP contribution in [0.2, 0.25) is 0 Å². The van der Waals surface area contributed by atoms with Gasteiger partial charge < -0.3 is 5.32 Å². The Labute approximate surface area is 127 Å². The molecule has 2 N–H and O–H groups in total. The average Bonchev–Trinajstić information content (AvgIpc) is 2.45. The number of sulfonamides is 1. The average molecular weight is 316 g/mol. The lowest BCUT2D eigenvalue weighted by Crippen LogP contribution is -2.35. The second-order valence-corrected chi connectivity index (χ2v) is 6.73. The fourth-order valence-electron chi connectivity index (χ4n) is 2.16. The van der Waals surface area contributed by atoms with Gasteiger partial charge in [-0.1, -0.05) is 33.3 Å². The Balaban J connectivity index is 3.07. The fourth-order valence-corrected chi connectivity index (χ4v) is 3.77. The quantitative estimate of drug-likeness (QED) is 0.736. The molecule has 0 saturated heterocycles. The van der Waals surface area contributed by atoms with Gasteiger partial charge in [0, 0.05) is 12.6 Å². The number of hydrogen-bond acceptors (Lipinski definition) is 3. The molecule has 120 valence electrons. The molecule has 0 saturated carbocycles. The zero-order valence-electron chi connectivity index (χ0n) is 12.9. The van der Waals surface area contributed by atoms with Crippen molar-refractivity contribution in [2.45, 2.75) is 57.5 Å². The first-order valence-corrected chi connectivity index (χ1v) is 8.94. The summed E-state index contributed by atoms with van der Waals surface area (Å²) >= 11 is 0. The Morgan fingerprint density at radius 3 is 2.52 bits per heavy atom. The third-order valence-electron chi connectivity index (χ3n) is 3.34. The molecule has 1 aromatic carbocycles. The van der Waals surface area contributed by atoms with Crippen LogP contribution in [0.25, 0.3) is 0 Å². The van der Waals surface area contributed by atoms with E-state index in [0.717, 1.165) is 25.5 Å². The largest absolute Gasteiger partial charge is 0.313 e. The van der Waals surface area contributed by atoms with Gasteiger partial charge in [-0.15, -0.1) is 0 Å². The lowest BCUT2D eigenvalue weighted by atomic mass is 10.1. The van der Waals surface area contributed by atoms with E-state index in [9.17, 15) is 12.8 Å². The molecular weight excluding hydrogens is 291 g/mol. The van der Waals surface area contributed by atoms with Gasteiger partial charge in [-0.05, 0) is 37.1 Å². The minimum atomic E-state index is -3.71. The van der Waals surface area contributed by atoms with E-state index in [1.54, 1.807) is 0 Å². The molecule has 0 aliphatic heterocycles. The maximum atomic E-state index is 13.5. The maximum Gasteiger partial charge on any atom is 0.241 e. The molecule has 0 bridgehead atoms. The van der Waals surface area contributed by atoms with Gasteiger partial charge in [-0.2, -0.15) is 0 Å². The SMILES string of the molecule is CCCC(CC)NS(=O)(=O)c1cc(F)ccc1CNCC. The Kier molecular flexibility index (Phi) is 7.28. The summed E-state index contributed by atoms with van der Waals surface area (Å²) in [6.07, 6.45) is 2.38. The van der Waals surface area contributed by atoms with Crippen LogP contribution in [0.3, 0.4) is 0 Å². The van der Waals surface area contributed by atoms with E-state index in [1.165, 1.54) is 12.1 Å². The van der Waals surface area contributed by atoms with Crippen LogP contribution in [0.5, 0.6) is 0 Å². The third kappa shape index (κ3) is 5.37. The monoisotopic (exact) mass is 316 g/mol. The molecule has 0 spiro atoms. The summed E-state index contributed by atoms with van der Waals surface area (Å²) in [6.45, 7) is 7.00. The summed E-state index contributed by atoms with van der Waals surface area (Å²) in [6, 6.07) is 3.78. The van der Waals surface area contributed by atoms with Crippen molar-refractivity contribution in [2.24, 2.45) is 0 Å². The summed E-state index contributed by atoms with van der Waals surface area (Å²) in [7, 11) is -3.71. The maximum absolute atomic E-state index is 13.5. The van der Waals surface area contributed by atoms with Gasteiger partial charge in [0.1, 0.15) is 5.82 Å². The third-order valence-corrected chi connectivity index (χ3v) is 4.94. The molecule has 0 fully saturated rings. The minimum absolute atomic E-state index is 0.0259. The topological polar surface area (TPSA) is 58.2 Å². The smallest absolute Gasteiger partial charge is 0.241 e. The van der Waals surface area contributed by atoms with Crippen molar-refractivity contribution in [3.8, 4) is 0 Å². The van der Waals surface area contributed by atoms with E-state index in [4.69, 9.17) is 0 Å². The summed E-state index contributed by atoms with van der Waals surface area (Å²) in [5, 5.41) is 3.07. The Hall–Kier alpha value is -0.980. The van der Waals surface area contributed by atoms with Crippen LogP contribution in [0, 0.1) is 5.82 Å². The van der Waals surface area contributed by atoms with E-state index in [0.29, 0.717) is 18.5 Å². The van der Waals surface area contributed by atoms with Gasteiger partial charge in [0.2, 0.25) is 10.0 Å². The zero-order valence-corrected chi connectivity index (χ0v) is 13.8. The normalized spacial score (nSPS) is 13.3. The first-order chi connectivity index (χ1) is 9.94. The Bertz CT molecular complexity index is 547. The molecule has 6 heteroatoms. The van der Waals surface area contributed by atoms with Gasteiger partial charge in [0.25, 0.3) is 0 Å². The van der Waals surface area contributed by atoms with Crippen molar-refractivity contribution < 1.29 is 12.8 Å². The first kappa shape index (κ1) is 18.1. The molecular formula is C15H25FN2O2S. The minimum Gasteiger partial charge on any atom is -0.313 e. The van der Waals surface area contributed by atoms with E-state index in [-0.39, 0.29) is 10.9 Å². The molecule has 0 amide bonds. The number of rotatable bonds is 9. The van der Waals surface area contributed by atoms with Gasteiger partial charge in [-0.3, -0.25) is 0 Å². The highest BCUT2D eigenvalue weighted by atomic mass is 32.2. The predicted molar refractivity (Wildman–Crippen MR) is 83.1 cm³/mol. The molecule has 1 rings (SSSR count). The van der Waals surface area contributed by atoms with E-state index in [1.807, 2.05) is 20.8 Å². The molecule has 0 aromatic heterocycles. The summed E-state index contributed by atoms with van der Waals surface area (Å²) in [5.41, 5.74) is 0.581. The van der Waals surface area contributed by atoms with Crippen LogP contribution in [0.15, 0.2) is 23.1 Å². The van der Waals surface area contributed by atoms with Crippen LogP contribution in [0.4, 0.5) is 4.39 Å². The van der Waals surface area contributed by atoms with Crippen molar-refractivity contribution in [3.63, 3.8) is 0 Å². The van der Waals surface area contributed by atoms with Crippen molar-refractivity contribution in [1.82, 2.24) is 10.0 Å². The highest BCUT2D eigenvalue weighted by Crippen LogP contribution is 2.19. The number of benzene rings is 1. The Morgan fingerprint density at radius 2 is 1.95 bits per heavy atom. The second-order valence-electron chi connectivity index (χ2n) is 5.05. The molecule has 21 heavy (non-hydrogen) atoms. The van der Waals surface area contributed by atoms with Gasteiger partial charge >= 0.3 is 0 Å². The molecule has 1 unspecified atom stereocenters. The van der Waals surface area contributed by atoms with E-state index in [2.05, 4.69) is 10.0 Å². The highest BCUT2D eigenvalue weighted by Gasteiger charge is 2.22. The van der Waals surface area contributed by atoms with Gasteiger partial charge in [0.15, 0.2) is 0 Å². The molecule has 0 heterocycles. The number of nitrogens with one attached hydrogen (secondary N) is 2. The van der Waals surface area contributed by atoms with E-state index < -0.39 is 15.8 Å². The van der Waals surface area contributed by atoms with Gasteiger partial charge in [-0.25, -0.2) is 17.5 Å². The molecule has 0 aliphatic carbocycles. The molecule has 1 atom stereocenters. The van der Waals surface area contributed by atoms with E-state index >= 15 is 0 Å². The molecule has 4 nitrogen and oxygen atoms in total. The number of halogens is 1. The standard InChI is InChI=1S/C15H25FN2O2S/c1-4-7-14(5-2)18-21(19,20)15-10-13(16)9-8-12(15)11-17-6-3/h8-10,14,17-18H,4-7,11H2,1-3H3. The van der Waals surface area contributed by atoms with Crippen molar-refractivity contribution in [3.05, 3.63) is 29.6 Å². The van der Waals surface area contributed by atoms with Gasteiger partial charge in [0.05, 0.1) is 4.90 Å². The van der Waals surface area contributed by atoms with Crippen LogP contribution in [-0.2, 0) is 16.6 Å². The summed E-state index contributed by atoms with van der Waals surface area (Å²) < 4.78 is 41.2. The highest BCUT2D eigenvalue weighted by molar-refractivity contribution is 7.89. The molecule has 0 radical (unpaired) electrons. The zero-order chi connectivity index (χ0) is 15.9. The molecule has 1 aromatic rings. The summed E-state index contributed by atoms with van der Waals surface area (Å²) in [5.74, 6) is -0.542. The van der Waals surface area contributed by atoms with Crippen molar-refractivity contribution >= 4 is 10.0 Å². The number of hydrogen-bond donors (Lipinski definition) is 2. The van der Waals surface area contributed by atoms with Crippen LogP contribution in [-0.4, -0.2) is 21.0 Å². The fraction of sp³-hybridized carbons (Fsp3) is 0.600. The Morgan fingerprint density at radius 1 is 1.24 bits per heavy atom. The van der Waals surface area contributed by atoms with Crippen LogP contribution >= 0.6 is 0 Å². The first-order valence-electron chi connectivity index (χ1n) is 7.46. The molecule has 0 aliphatic rings. The van der Waals surface area contributed by atoms with Crippen molar-refractivity contribution in [2.75, 3.05) is 6.54 Å². The lowest BCUT2D eigenvalue weighted by Gasteiger charge is -2.18. The van der Waals surface area contributed by atoms with Crippen LogP contribution < -0.4 is 10.0 Å².